The lowest BCUT2D eigenvalue weighted by atomic mass is 10.1. The van der Waals surface area contributed by atoms with Gasteiger partial charge in [-0.1, -0.05) is 55.9 Å². The number of furan rings is 1. The van der Waals surface area contributed by atoms with E-state index in [-0.39, 0.29) is 0 Å². The Balaban J connectivity index is 1.78. The Morgan fingerprint density at radius 3 is 2.58 bits per heavy atom. The van der Waals surface area contributed by atoms with E-state index in [2.05, 4.69) is 28.6 Å². The van der Waals surface area contributed by atoms with Crippen molar-refractivity contribution in [3.05, 3.63) is 54.3 Å². The lowest BCUT2D eigenvalue weighted by Crippen LogP contribution is -2.08. The topological polar surface area (TPSA) is 64.1 Å². The average Bonchev–Trinajstić information content (AvgIpc) is 3.23. The first-order valence-electron chi connectivity index (χ1n) is 7.98. The Labute approximate surface area is 145 Å². The van der Waals surface area contributed by atoms with E-state index in [0.717, 1.165) is 23.1 Å². The quantitative estimate of drug-likeness (QED) is 0.656. The summed E-state index contributed by atoms with van der Waals surface area (Å²) in [4.78, 5) is 0. The number of thioether (sulfide) groups is 1. The zero-order valence-electron chi connectivity index (χ0n) is 13.8. The van der Waals surface area contributed by atoms with E-state index in [4.69, 9.17) is 4.42 Å². The molecule has 126 valence electrons. The minimum atomic E-state index is -0.535. The Hall–Kier alpha value is -2.05. The highest BCUT2D eigenvalue weighted by Gasteiger charge is 2.18. The fourth-order valence-electron chi connectivity index (χ4n) is 2.44. The van der Waals surface area contributed by atoms with Gasteiger partial charge in [0.05, 0.1) is 12.4 Å². The summed E-state index contributed by atoms with van der Waals surface area (Å²) in [6.07, 6.45) is 1.10. The van der Waals surface area contributed by atoms with E-state index in [1.807, 2.05) is 42.5 Å². The number of rotatable bonds is 7. The molecule has 3 rings (SSSR count). The van der Waals surface area contributed by atoms with Crippen molar-refractivity contribution in [2.75, 3.05) is 5.75 Å². The highest BCUT2D eigenvalue weighted by Crippen LogP contribution is 2.28. The van der Waals surface area contributed by atoms with E-state index in [9.17, 15) is 5.11 Å². The summed E-state index contributed by atoms with van der Waals surface area (Å²) in [5, 5.41) is 19.7. The number of hydrogen-bond donors (Lipinski definition) is 1. The third kappa shape index (κ3) is 3.88. The van der Waals surface area contributed by atoms with Crippen molar-refractivity contribution in [1.29, 1.82) is 0 Å². The maximum Gasteiger partial charge on any atom is 0.200 e. The predicted octanol–water partition coefficient (Wildman–Crippen LogP) is 4.02. The Kier molecular flexibility index (Phi) is 5.37. The van der Waals surface area contributed by atoms with Gasteiger partial charge in [-0.15, -0.1) is 10.2 Å². The second-order valence-electron chi connectivity index (χ2n) is 6.03. The molecule has 0 unspecified atom stereocenters. The molecule has 0 saturated carbocycles. The van der Waals surface area contributed by atoms with Gasteiger partial charge in [0.1, 0.15) is 0 Å². The number of aliphatic hydroxyl groups is 1. The Morgan fingerprint density at radius 2 is 1.92 bits per heavy atom. The van der Waals surface area contributed by atoms with Crippen molar-refractivity contribution < 1.29 is 9.52 Å². The highest BCUT2D eigenvalue weighted by atomic mass is 32.2. The molecule has 0 radical (unpaired) electrons. The third-order valence-electron chi connectivity index (χ3n) is 3.56. The molecule has 0 bridgehead atoms. The maximum atomic E-state index is 10.3. The summed E-state index contributed by atoms with van der Waals surface area (Å²) in [6.45, 7) is 5.10. The zero-order chi connectivity index (χ0) is 16.9. The SMILES string of the molecule is CC(C)Cn1c(SC[C@@H](O)c2ccccc2)nnc1-c1ccco1. The molecule has 24 heavy (non-hydrogen) atoms. The van der Waals surface area contributed by atoms with Crippen molar-refractivity contribution >= 4 is 11.8 Å². The monoisotopic (exact) mass is 343 g/mol. The maximum absolute atomic E-state index is 10.3. The molecule has 1 atom stereocenters. The third-order valence-corrected chi connectivity index (χ3v) is 4.60. The molecule has 1 N–H and O–H groups in total. The second kappa shape index (κ2) is 7.68. The lowest BCUT2D eigenvalue weighted by Gasteiger charge is -2.13. The van der Waals surface area contributed by atoms with E-state index in [0.29, 0.717) is 17.4 Å². The van der Waals surface area contributed by atoms with Crippen LogP contribution in [-0.2, 0) is 6.54 Å². The van der Waals surface area contributed by atoms with Crippen LogP contribution in [-0.4, -0.2) is 25.6 Å². The predicted molar refractivity (Wildman–Crippen MR) is 94.7 cm³/mol. The van der Waals surface area contributed by atoms with Crippen LogP contribution in [0.1, 0.15) is 25.5 Å². The normalized spacial score (nSPS) is 12.7. The molecule has 1 aromatic carbocycles. The summed E-state index contributed by atoms with van der Waals surface area (Å²) in [6, 6.07) is 13.4. The summed E-state index contributed by atoms with van der Waals surface area (Å²) >= 11 is 1.51. The van der Waals surface area contributed by atoms with Gasteiger partial charge >= 0.3 is 0 Å². The van der Waals surface area contributed by atoms with Gasteiger partial charge in [0.2, 0.25) is 0 Å². The number of nitrogens with zero attached hydrogens (tertiary/aromatic N) is 3. The molecule has 0 aliphatic rings. The van der Waals surface area contributed by atoms with Crippen LogP contribution in [0.4, 0.5) is 0 Å². The molecule has 2 heterocycles. The second-order valence-corrected chi connectivity index (χ2v) is 7.01. The minimum absolute atomic E-state index is 0.452. The molecule has 0 spiro atoms. The molecule has 0 aliphatic heterocycles. The van der Waals surface area contributed by atoms with E-state index in [1.165, 1.54) is 11.8 Å². The summed E-state index contributed by atoms with van der Waals surface area (Å²) < 4.78 is 7.53. The number of benzene rings is 1. The smallest absolute Gasteiger partial charge is 0.200 e. The first-order chi connectivity index (χ1) is 11.6. The Morgan fingerprint density at radius 1 is 1.12 bits per heavy atom. The van der Waals surface area contributed by atoms with Gasteiger partial charge in [0.15, 0.2) is 16.7 Å². The largest absolute Gasteiger partial charge is 0.461 e. The molecular weight excluding hydrogens is 322 g/mol. The Bertz CT molecular complexity index is 754. The highest BCUT2D eigenvalue weighted by molar-refractivity contribution is 7.99. The molecule has 3 aromatic rings. The van der Waals surface area contributed by atoms with Crippen LogP contribution < -0.4 is 0 Å². The van der Waals surface area contributed by atoms with Gasteiger partial charge in [0.25, 0.3) is 0 Å². The van der Waals surface area contributed by atoms with Crippen LogP contribution in [0.3, 0.4) is 0 Å². The molecule has 0 amide bonds. The summed E-state index contributed by atoms with van der Waals surface area (Å²) in [5.41, 5.74) is 0.909. The van der Waals surface area contributed by atoms with Gasteiger partial charge in [-0.25, -0.2) is 0 Å². The van der Waals surface area contributed by atoms with Gasteiger partial charge < -0.3 is 9.52 Å². The van der Waals surface area contributed by atoms with Gasteiger partial charge in [-0.05, 0) is 23.6 Å². The fraction of sp³-hybridized carbons (Fsp3) is 0.333. The average molecular weight is 343 g/mol. The molecule has 0 fully saturated rings. The molecular formula is C18H21N3O2S. The van der Waals surface area contributed by atoms with Crippen molar-refractivity contribution in [2.24, 2.45) is 5.92 Å². The summed E-state index contributed by atoms with van der Waals surface area (Å²) in [5.74, 6) is 2.41. The van der Waals surface area contributed by atoms with E-state index >= 15 is 0 Å². The molecule has 5 nitrogen and oxygen atoms in total. The van der Waals surface area contributed by atoms with Crippen molar-refractivity contribution in [3.8, 4) is 11.6 Å². The van der Waals surface area contributed by atoms with Crippen molar-refractivity contribution in [1.82, 2.24) is 14.8 Å². The lowest BCUT2D eigenvalue weighted by molar-refractivity contribution is 0.204. The first-order valence-corrected chi connectivity index (χ1v) is 8.96. The molecule has 2 aromatic heterocycles. The molecule has 0 aliphatic carbocycles. The number of hydrogen-bond acceptors (Lipinski definition) is 5. The number of aromatic nitrogens is 3. The van der Waals surface area contributed by atoms with E-state index in [1.54, 1.807) is 6.26 Å². The van der Waals surface area contributed by atoms with Crippen molar-refractivity contribution in [3.63, 3.8) is 0 Å². The van der Waals surface area contributed by atoms with Crippen molar-refractivity contribution in [2.45, 2.75) is 31.7 Å². The van der Waals surface area contributed by atoms with Gasteiger partial charge in [-0.2, -0.15) is 0 Å². The van der Waals surface area contributed by atoms with Crippen LogP contribution in [0.25, 0.3) is 11.6 Å². The standard InChI is InChI=1S/C18H21N3O2S/c1-13(2)11-21-17(16-9-6-10-23-16)19-20-18(21)24-12-15(22)14-7-4-3-5-8-14/h3-10,13,15,22H,11-12H2,1-2H3/t15-/m1/s1. The van der Waals surface area contributed by atoms with Crippen LogP contribution in [0.15, 0.2) is 58.3 Å². The van der Waals surface area contributed by atoms with Crippen LogP contribution in [0.2, 0.25) is 0 Å². The van der Waals surface area contributed by atoms with Crippen LogP contribution >= 0.6 is 11.8 Å². The van der Waals surface area contributed by atoms with Gasteiger partial charge in [-0.3, -0.25) is 4.57 Å². The van der Waals surface area contributed by atoms with E-state index < -0.39 is 6.10 Å². The van der Waals surface area contributed by atoms with Gasteiger partial charge in [0, 0.05) is 12.3 Å². The fourth-order valence-corrected chi connectivity index (χ4v) is 3.35. The van der Waals surface area contributed by atoms with Crippen LogP contribution in [0.5, 0.6) is 0 Å². The van der Waals surface area contributed by atoms with Crippen LogP contribution in [0, 0.1) is 5.92 Å². The molecule has 6 heteroatoms. The zero-order valence-corrected chi connectivity index (χ0v) is 14.6. The minimum Gasteiger partial charge on any atom is -0.461 e. The number of aliphatic hydroxyl groups excluding tert-OH is 1. The first kappa shape index (κ1) is 16.8. The summed E-state index contributed by atoms with van der Waals surface area (Å²) in [7, 11) is 0. The molecule has 0 saturated heterocycles.